The molecule has 1 aliphatic rings. The first-order valence-electron chi connectivity index (χ1n) is 18.6. The highest BCUT2D eigenvalue weighted by Gasteiger charge is 2.18. The van der Waals surface area contributed by atoms with Crippen LogP contribution in [0.15, 0.2) is 178 Å². The lowest BCUT2D eigenvalue weighted by Crippen LogP contribution is -1.94. The highest BCUT2D eigenvalue weighted by molar-refractivity contribution is 6.15. The Morgan fingerprint density at radius 3 is 2.19 bits per heavy atom. The summed E-state index contributed by atoms with van der Waals surface area (Å²) in [6.07, 6.45) is 11.1. The SMILES string of the molecule is C1=CC(c2ccc3c(c2)c2cc(-c4ccccc4)ccc2n3-c2ccc3oc4cccc(C=NCc5cccc6c5oc5ccccc56)c4c3c2)=CCC1. The number of fused-ring (bicyclic) bond motifs is 9. The van der Waals surface area contributed by atoms with Crippen LogP contribution in [-0.4, -0.2) is 10.8 Å². The molecule has 3 heterocycles. The maximum atomic E-state index is 6.45. The number of furan rings is 2. The predicted molar refractivity (Wildman–Crippen MR) is 225 cm³/mol. The zero-order valence-corrected chi connectivity index (χ0v) is 29.5. The molecule has 7 aromatic carbocycles. The van der Waals surface area contributed by atoms with Gasteiger partial charge >= 0.3 is 0 Å². The largest absolute Gasteiger partial charge is 0.456 e. The maximum absolute atomic E-state index is 6.45. The lowest BCUT2D eigenvalue weighted by molar-refractivity contribution is 0.663. The smallest absolute Gasteiger partial charge is 0.140 e. The summed E-state index contributed by atoms with van der Waals surface area (Å²) < 4.78 is 15.1. The molecule has 4 heteroatoms. The third-order valence-corrected chi connectivity index (χ3v) is 10.9. The van der Waals surface area contributed by atoms with Crippen molar-refractivity contribution < 1.29 is 8.83 Å². The van der Waals surface area contributed by atoms with Gasteiger partial charge in [0, 0.05) is 55.3 Å². The Labute approximate surface area is 311 Å². The molecular weight excluding hydrogens is 661 g/mol. The minimum atomic E-state index is 0.510. The maximum Gasteiger partial charge on any atom is 0.140 e. The van der Waals surface area contributed by atoms with Crippen LogP contribution in [0.4, 0.5) is 0 Å². The molecule has 0 amide bonds. The summed E-state index contributed by atoms with van der Waals surface area (Å²) >= 11 is 0. The van der Waals surface area contributed by atoms with Gasteiger partial charge in [-0.05, 0) is 89.7 Å². The first kappa shape index (κ1) is 30.7. The standard InChI is InChI=1S/C50H34N2O2/c1-3-11-32(12-4-1)34-21-24-44-41(27-34)42-28-35(33-13-5-2-6-14-33)22-25-45(42)52(44)38-23-26-47-43(29-38)49-36(15-10-20-48(49)53-47)30-51-31-37-16-9-18-40-39-17-7-8-19-46(39)54-50(37)40/h1,3-5,7-30H,2,6,31H2. The van der Waals surface area contributed by atoms with Gasteiger partial charge in [0.25, 0.3) is 0 Å². The van der Waals surface area contributed by atoms with Gasteiger partial charge in [0.05, 0.1) is 17.6 Å². The first-order chi connectivity index (χ1) is 26.8. The summed E-state index contributed by atoms with van der Waals surface area (Å²) in [7, 11) is 0. The second-order valence-electron chi connectivity index (χ2n) is 14.2. The van der Waals surface area contributed by atoms with E-state index in [1.54, 1.807) is 0 Å². The molecule has 0 fully saturated rings. The van der Waals surface area contributed by atoms with Gasteiger partial charge in [-0.15, -0.1) is 0 Å². The molecule has 11 rings (SSSR count). The lowest BCUT2D eigenvalue weighted by atomic mass is 9.97. The molecule has 0 atom stereocenters. The molecule has 54 heavy (non-hydrogen) atoms. The number of hydrogen-bond acceptors (Lipinski definition) is 3. The zero-order valence-electron chi connectivity index (χ0n) is 29.5. The van der Waals surface area contributed by atoms with Crippen molar-refractivity contribution in [3.05, 3.63) is 181 Å². The van der Waals surface area contributed by atoms with Gasteiger partial charge < -0.3 is 13.4 Å². The van der Waals surface area contributed by atoms with Gasteiger partial charge in [0.2, 0.25) is 0 Å². The van der Waals surface area contributed by atoms with Crippen LogP contribution in [0.2, 0.25) is 0 Å². The number of nitrogens with zero attached hydrogens (tertiary/aromatic N) is 2. The quantitative estimate of drug-likeness (QED) is 0.163. The second kappa shape index (κ2) is 12.4. The van der Waals surface area contributed by atoms with Crippen molar-refractivity contribution in [3.8, 4) is 16.8 Å². The van der Waals surface area contributed by atoms with Gasteiger partial charge in [-0.1, -0.05) is 109 Å². The molecule has 0 saturated carbocycles. The predicted octanol–water partition coefficient (Wildman–Crippen LogP) is 13.6. The van der Waals surface area contributed by atoms with Crippen LogP contribution in [0.25, 0.3) is 88.1 Å². The number of aromatic nitrogens is 1. The highest BCUT2D eigenvalue weighted by Crippen LogP contribution is 2.39. The van der Waals surface area contributed by atoms with E-state index in [2.05, 4.69) is 144 Å². The molecule has 0 radical (unpaired) electrons. The van der Waals surface area contributed by atoms with Crippen LogP contribution in [0.1, 0.15) is 29.5 Å². The minimum absolute atomic E-state index is 0.510. The van der Waals surface area contributed by atoms with E-state index in [0.29, 0.717) is 6.54 Å². The van der Waals surface area contributed by atoms with Crippen molar-refractivity contribution in [1.29, 1.82) is 0 Å². The van der Waals surface area contributed by atoms with E-state index in [1.807, 2.05) is 30.5 Å². The molecular formula is C50H34N2O2. The van der Waals surface area contributed by atoms with Crippen molar-refractivity contribution in [3.63, 3.8) is 0 Å². The summed E-state index contributed by atoms with van der Waals surface area (Å²) in [4.78, 5) is 4.96. The average Bonchev–Trinajstić information content (AvgIpc) is 3.91. The Hall–Kier alpha value is -6.91. The molecule has 0 bridgehead atoms. The molecule has 1 aliphatic carbocycles. The highest BCUT2D eigenvalue weighted by atomic mass is 16.3. The molecule has 0 aliphatic heterocycles. The summed E-state index contributed by atoms with van der Waals surface area (Å²) in [5, 5.41) is 6.85. The number of aliphatic imine (C=N–C) groups is 1. The van der Waals surface area contributed by atoms with Gasteiger partial charge in [-0.3, -0.25) is 4.99 Å². The van der Waals surface area contributed by atoms with E-state index in [4.69, 9.17) is 13.8 Å². The molecule has 0 N–H and O–H groups in total. The van der Waals surface area contributed by atoms with Crippen molar-refractivity contribution in [2.24, 2.45) is 4.99 Å². The molecule has 4 nitrogen and oxygen atoms in total. The van der Waals surface area contributed by atoms with Crippen LogP contribution < -0.4 is 0 Å². The lowest BCUT2D eigenvalue weighted by Gasteiger charge is -2.10. The second-order valence-corrected chi connectivity index (χ2v) is 14.2. The Bertz CT molecular complexity index is 3190. The monoisotopic (exact) mass is 694 g/mol. The molecule has 3 aromatic heterocycles. The molecule has 0 saturated heterocycles. The Morgan fingerprint density at radius 1 is 0.556 bits per heavy atom. The molecule has 0 spiro atoms. The first-order valence-corrected chi connectivity index (χ1v) is 18.6. The topological polar surface area (TPSA) is 43.6 Å². The van der Waals surface area contributed by atoms with Crippen molar-refractivity contribution in [2.75, 3.05) is 0 Å². The fourth-order valence-corrected chi connectivity index (χ4v) is 8.38. The van der Waals surface area contributed by atoms with Gasteiger partial charge in [0.15, 0.2) is 0 Å². The van der Waals surface area contributed by atoms with Gasteiger partial charge in [0.1, 0.15) is 22.3 Å². The van der Waals surface area contributed by atoms with E-state index in [1.165, 1.54) is 44.1 Å². The van der Waals surface area contributed by atoms with E-state index >= 15 is 0 Å². The van der Waals surface area contributed by atoms with E-state index in [-0.39, 0.29) is 0 Å². The summed E-state index contributed by atoms with van der Waals surface area (Å²) in [5.41, 5.74) is 14.0. The van der Waals surface area contributed by atoms with Crippen LogP contribution in [0, 0.1) is 0 Å². The van der Waals surface area contributed by atoms with Crippen LogP contribution in [0.5, 0.6) is 0 Å². The Morgan fingerprint density at radius 2 is 1.31 bits per heavy atom. The van der Waals surface area contributed by atoms with Crippen LogP contribution in [0.3, 0.4) is 0 Å². The van der Waals surface area contributed by atoms with E-state index in [9.17, 15) is 0 Å². The number of hydrogen-bond donors (Lipinski definition) is 0. The van der Waals surface area contributed by atoms with Crippen molar-refractivity contribution >= 4 is 77.5 Å². The zero-order chi connectivity index (χ0) is 35.6. The molecule has 0 unspecified atom stereocenters. The number of allylic oxidation sites excluding steroid dienone is 4. The van der Waals surface area contributed by atoms with Crippen molar-refractivity contribution in [2.45, 2.75) is 19.4 Å². The van der Waals surface area contributed by atoms with E-state index in [0.717, 1.165) is 73.5 Å². The average molecular weight is 695 g/mol. The fraction of sp³-hybridized carbons (Fsp3) is 0.0600. The summed E-state index contributed by atoms with van der Waals surface area (Å²) in [6, 6.07) is 51.7. The van der Waals surface area contributed by atoms with Crippen LogP contribution >= 0.6 is 0 Å². The van der Waals surface area contributed by atoms with Gasteiger partial charge in [-0.25, -0.2) is 0 Å². The third kappa shape index (κ3) is 4.95. The van der Waals surface area contributed by atoms with Gasteiger partial charge in [-0.2, -0.15) is 0 Å². The minimum Gasteiger partial charge on any atom is -0.456 e. The molecule has 256 valence electrons. The fourth-order valence-electron chi connectivity index (χ4n) is 8.38. The van der Waals surface area contributed by atoms with Crippen molar-refractivity contribution in [1.82, 2.24) is 4.57 Å². The van der Waals surface area contributed by atoms with E-state index < -0.39 is 0 Å². The molecule has 10 aromatic rings. The third-order valence-electron chi connectivity index (χ3n) is 10.9. The number of benzene rings is 7. The summed E-state index contributed by atoms with van der Waals surface area (Å²) in [5.74, 6) is 0. The Balaban J connectivity index is 1.04. The summed E-state index contributed by atoms with van der Waals surface area (Å²) in [6.45, 7) is 0.510. The number of rotatable bonds is 6. The van der Waals surface area contributed by atoms with Crippen LogP contribution in [-0.2, 0) is 6.54 Å². The normalized spacial score (nSPS) is 13.4. The number of para-hydroxylation sites is 2. The Kier molecular flexibility index (Phi) is 7.02.